The van der Waals surface area contributed by atoms with E-state index >= 15 is 4.79 Å². The zero-order chi connectivity index (χ0) is 29.6. The fourth-order valence-corrected chi connectivity index (χ4v) is 7.52. The van der Waals surface area contributed by atoms with E-state index in [4.69, 9.17) is 21.0 Å². The van der Waals surface area contributed by atoms with Crippen LogP contribution >= 0.6 is 22.9 Å². The number of hydrogen-bond donors (Lipinski definition) is 0. The van der Waals surface area contributed by atoms with Crippen molar-refractivity contribution in [2.45, 2.75) is 19.0 Å². The van der Waals surface area contributed by atoms with E-state index in [1.165, 1.54) is 22.3 Å². The second kappa shape index (κ2) is 9.07. The molecular formula is C33H19ClFN3O4S. The number of rotatable bonds is 3. The molecule has 0 saturated carbocycles. The lowest BCUT2D eigenvalue weighted by molar-refractivity contribution is -0.121. The van der Waals surface area contributed by atoms with Gasteiger partial charge in [0.2, 0.25) is 5.76 Å². The van der Waals surface area contributed by atoms with Crippen LogP contribution in [-0.4, -0.2) is 16.8 Å². The normalized spacial score (nSPS) is 17.5. The van der Waals surface area contributed by atoms with Crippen molar-refractivity contribution in [1.29, 1.82) is 0 Å². The molecule has 0 radical (unpaired) electrons. The second-order valence-corrected chi connectivity index (χ2v) is 12.0. The van der Waals surface area contributed by atoms with Crippen molar-refractivity contribution in [1.82, 2.24) is 4.98 Å². The summed E-state index contributed by atoms with van der Waals surface area (Å²) in [7, 11) is 0. The quantitative estimate of drug-likeness (QED) is 0.217. The number of para-hydroxylation sites is 1. The Bertz CT molecular complexity index is 2260. The molecule has 7 nitrogen and oxygen atoms in total. The molecule has 10 heteroatoms. The van der Waals surface area contributed by atoms with Crippen molar-refractivity contribution >= 4 is 66.8 Å². The molecule has 0 aliphatic carbocycles. The highest BCUT2D eigenvalue weighted by atomic mass is 35.5. The molecule has 4 heterocycles. The van der Waals surface area contributed by atoms with Crippen molar-refractivity contribution in [3.63, 3.8) is 0 Å². The van der Waals surface area contributed by atoms with Crippen molar-refractivity contribution in [3.05, 3.63) is 134 Å². The van der Waals surface area contributed by atoms with Crippen LogP contribution in [0.15, 0.2) is 94.1 Å². The topological polar surface area (TPSA) is 83.7 Å². The Balaban J connectivity index is 1.46. The lowest BCUT2D eigenvalue weighted by Gasteiger charge is -2.32. The Morgan fingerprint density at radius 3 is 2.60 bits per heavy atom. The van der Waals surface area contributed by atoms with Gasteiger partial charge in [-0.25, -0.2) is 9.37 Å². The number of anilines is 2. The SMILES string of the molecule is Cc1ccccc1CN1C(=O)C2(c3ccccc31)c1c(oc3ccc(F)cc3c1=O)C(=O)N2c1nc2ccc(Cl)cc2s1. The molecule has 0 fully saturated rings. The molecular weight excluding hydrogens is 589 g/mol. The van der Waals surface area contributed by atoms with E-state index in [9.17, 15) is 14.0 Å². The summed E-state index contributed by atoms with van der Waals surface area (Å²) in [5, 5.41) is 0.626. The third-order valence-corrected chi connectivity index (χ3v) is 9.44. The van der Waals surface area contributed by atoms with E-state index in [1.54, 1.807) is 47.4 Å². The third-order valence-electron chi connectivity index (χ3n) is 8.21. The maximum Gasteiger partial charge on any atom is 0.297 e. The average Bonchev–Trinajstić information content (AvgIpc) is 3.60. The molecule has 4 aromatic carbocycles. The van der Waals surface area contributed by atoms with Crippen LogP contribution in [0.1, 0.15) is 32.8 Å². The number of carbonyl (C=O) groups is 2. The molecule has 43 heavy (non-hydrogen) atoms. The summed E-state index contributed by atoms with van der Waals surface area (Å²) in [6.07, 6.45) is 0. The Morgan fingerprint density at radius 1 is 0.977 bits per heavy atom. The van der Waals surface area contributed by atoms with Crippen molar-refractivity contribution in [2.24, 2.45) is 0 Å². The molecule has 210 valence electrons. The molecule has 2 amide bonds. The van der Waals surface area contributed by atoms with Gasteiger partial charge < -0.3 is 9.32 Å². The molecule has 0 bridgehead atoms. The zero-order valence-electron chi connectivity index (χ0n) is 22.4. The van der Waals surface area contributed by atoms with Gasteiger partial charge >= 0.3 is 0 Å². The minimum absolute atomic E-state index is 0.0436. The number of fused-ring (bicyclic) bond motifs is 6. The Kier molecular flexibility index (Phi) is 5.44. The standard InChI is InChI=1S/C33H19ClFN3O4S/c1-17-6-2-3-7-18(17)16-37-24-9-5-4-8-22(24)33(31(37)41)27-28(39)21-15-20(35)11-13-25(21)42-29(27)30(40)38(33)32-36-23-12-10-19(34)14-26(23)43-32/h2-15H,16H2,1H3. The van der Waals surface area contributed by atoms with Gasteiger partial charge in [0.05, 0.1) is 33.4 Å². The first-order chi connectivity index (χ1) is 20.8. The van der Waals surface area contributed by atoms with Gasteiger partial charge in [0.1, 0.15) is 11.4 Å². The van der Waals surface area contributed by atoms with Gasteiger partial charge in [-0.05, 0) is 60.5 Å². The van der Waals surface area contributed by atoms with E-state index in [0.29, 0.717) is 26.5 Å². The lowest BCUT2D eigenvalue weighted by Crippen LogP contribution is -2.53. The second-order valence-electron chi connectivity index (χ2n) is 10.6. The molecule has 1 spiro atoms. The summed E-state index contributed by atoms with van der Waals surface area (Å²) in [5.41, 5.74) is 0.732. The van der Waals surface area contributed by atoms with Crippen molar-refractivity contribution in [2.75, 3.05) is 9.80 Å². The fourth-order valence-electron chi connectivity index (χ4n) is 6.23. The van der Waals surface area contributed by atoms with Crippen LogP contribution in [0.2, 0.25) is 5.02 Å². The Labute approximate surface area is 252 Å². The molecule has 0 N–H and O–H groups in total. The fraction of sp³-hybridized carbons (Fsp3) is 0.0909. The van der Waals surface area contributed by atoms with Crippen LogP contribution in [0.5, 0.6) is 0 Å². The summed E-state index contributed by atoms with van der Waals surface area (Å²) in [6, 6.07) is 23.5. The lowest BCUT2D eigenvalue weighted by atomic mass is 9.84. The number of aromatic nitrogens is 1. The van der Waals surface area contributed by atoms with Gasteiger partial charge in [-0.15, -0.1) is 0 Å². The van der Waals surface area contributed by atoms with E-state index in [0.717, 1.165) is 23.3 Å². The highest BCUT2D eigenvalue weighted by Crippen LogP contribution is 2.55. The number of halogens is 2. The van der Waals surface area contributed by atoms with E-state index < -0.39 is 28.6 Å². The number of amides is 2. The maximum absolute atomic E-state index is 15.1. The molecule has 2 aromatic heterocycles. The third kappa shape index (κ3) is 3.46. The molecule has 8 rings (SSSR count). The predicted octanol–water partition coefficient (Wildman–Crippen LogP) is 6.95. The summed E-state index contributed by atoms with van der Waals surface area (Å²) < 4.78 is 21.2. The maximum atomic E-state index is 15.1. The van der Waals surface area contributed by atoms with E-state index in [2.05, 4.69) is 0 Å². The van der Waals surface area contributed by atoms with E-state index in [1.807, 2.05) is 31.2 Å². The van der Waals surface area contributed by atoms with Gasteiger partial charge in [0.15, 0.2) is 16.1 Å². The van der Waals surface area contributed by atoms with Crippen molar-refractivity contribution in [3.8, 4) is 0 Å². The summed E-state index contributed by atoms with van der Waals surface area (Å²) >= 11 is 7.43. The van der Waals surface area contributed by atoms with E-state index in [-0.39, 0.29) is 34.0 Å². The molecule has 2 aliphatic heterocycles. The minimum atomic E-state index is -1.94. The van der Waals surface area contributed by atoms with Gasteiger partial charge in [0.25, 0.3) is 11.8 Å². The van der Waals surface area contributed by atoms with Crippen LogP contribution in [0.3, 0.4) is 0 Å². The van der Waals surface area contributed by atoms with Crippen LogP contribution in [0, 0.1) is 12.7 Å². The first-order valence-corrected chi connectivity index (χ1v) is 14.6. The van der Waals surface area contributed by atoms with Crippen LogP contribution < -0.4 is 15.2 Å². The van der Waals surface area contributed by atoms with Gasteiger partial charge in [-0.3, -0.25) is 19.3 Å². The minimum Gasteiger partial charge on any atom is -0.450 e. The summed E-state index contributed by atoms with van der Waals surface area (Å²) in [6.45, 7) is 2.16. The number of carbonyl (C=O) groups excluding carboxylic acids is 2. The predicted molar refractivity (Wildman–Crippen MR) is 163 cm³/mol. The molecule has 1 unspecified atom stereocenters. The summed E-state index contributed by atoms with van der Waals surface area (Å²) in [4.78, 5) is 51.4. The monoisotopic (exact) mass is 607 g/mol. The largest absolute Gasteiger partial charge is 0.450 e. The Morgan fingerprint density at radius 2 is 1.77 bits per heavy atom. The average molecular weight is 608 g/mol. The zero-order valence-corrected chi connectivity index (χ0v) is 24.0. The van der Waals surface area contributed by atoms with Crippen molar-refractivity contribution < 1.29 is 18.4 Å². The van der Waals surface area contributed by atoms with Gasteiger partial charge in [-0.1, -0.05) is 65.4 Å². The highest BCUT2D eigenvalue weighted by molar-refractivity contribution is 7.22. The number of hydrogen-bond acceptors (Lipinski definition) is 6. The molecule has 6 aromatic rings. The number of benzene rings is 4. The van der Waals surface area contributed by atoms with Gasteiger partial charge in [-0.2, -0.15) is 0 Å². The van der Waals surface area contributed by atoms with Crippen LogP contribution in [-0.2, 0) is 16.9 Å². The van der Waals surface area contributed by atoms with Gasteiger partial charge in [0, 0.05) is 10.6 Å². The molecule has 0 saturated heterocycles. The highest BCUT2D eigenvalue weighted by Gasteiger charge is 2.66. The molecule has 1 atom stereocenters. The first-order valence-electron chi connectivity index (χ1n) is 13.4. The Hall–Kier alpha value is -4.86. The molecule has 2 aliphatic rings. The van der Waals surface area contributed by atoms with Crippen LogP contribution in [0.4, 0.5) is 15.2 Å². The number of nitrogens with zero attached hydrogens (tertiary/aromatic N) is 3. The first kappa shape index (κ1) is 25.8. The number of aryl methyl sites for hydroxylation is 1. The number of thiazole rings is 1. The summed E-state index contributed by atoms with van der Waals surface area (Å²) in [5.74, 6) is -2.12. The smallest absolute Gasteiger partial charge is 0.297 e. The van der Waals surface area contributed by atoms with Crippen LogP contribution in [0.25, 0.3) is 21.2 Å².